The monoisotopic (exact) mass is 511 g/mol. The summed E-state index contributed by atoms with van der Waals surface area (Å²) in [6, 6.07) is 14.4. The molecular weight excluding hydrogens is 477 g/mol. The lowest BCUT2D eigenvalue weighted by Crippen LogP contribution is -2.76. The van der Waals surface area contributed by atoms with E-state index in [1.165, 1.54) is 12.1 Å². The van der Waals surface area contributed by atoms with Crippen molar-refractivity contribution in [1.82, 2.24) is 25.1 Å². The van der Waals surface area contributed by atoms with Crippen molar-refractivity contribution in [3.8, 4) is 0 Å². The summed E-state index contributed by atoms with van der Waals surface area (Å²) in [5, 5.41) is 6.17. The van der Waals surface area contributed by atoms with E-state index in [1.54, 1.807) is 32.0 Å². The second-order valence-electron chi connectivity index (χ2n) is 9.08. The Morgan fingerprint density at radius 2 is 1.78 bits per heavy atom. The number of carbonyl (C=O) groups excluding carboxylic acids is 3. The first-order valence-corrected chi connectivity index (χ1v) is 12.7. The van der Waals surface area contributed by atoms with E-state index in [9.17, 15) is 18.8 Å². The number of halogens is 1. The van der Waals surface area contributed by atoms with Gasteiger partial charge in [-0.2, -0.15) is 0 Å². The SMILES string of the molecule is CCOCCN1C[C@H]2N(C(=O)CN(CC)N2C(=O)NCc2ccc(F)cc2)[C@@H](Cc2ccccc2)C1=O. The second-order valence-corrected chi connectivity index (χ2v) is 9.08. The summed E-state index contributed by atoms with van der Waals surface area (Å²) in [6.07, 6.45) is -0.313. The molecule has 2 aliphatic heterocycles. The van der Waals surface area contributed by atoms with Crippen LogP contribution in [0.15, 0.2) is 54.6 Å². The number of hydrazine groups is 1. The van der Waals surface area contributed by atoms with Crippen molar-refractivity contribution < 1.29 is 23.5 Å². The van der Waals surface area contributed by atoms with Gasteiger partial charge in [0.2, 0.25) is 11.8 Å². The summed E-state index contributed by atoms with van der Waals surface area (Å²) in [7, 11) is 0. The zero-order valence-electron chi connectivity index (χ0n) is 21.3. The van der Waals surface area contributed by atoms with Gasteiger partial charge in [0.15, 0.2) is 0 Å². The van der Waals surface area contributed by atoms with E-state index < -0.39 is 12.2 Å². The molecule has 0 spiro atoms. The molecule has 2 atom stereocenters. The molecule has 0 saturated carbocycles. The van der Waals surface area contributed by atoms with Crippen molar-refractivity contribution in [3.63, 3.8) is 0 Å². The molecule has 0 aromatic heterocycles. The largest absolute Gasteiger partial charge is 0.380 e. The smallest absolute Gasteiger partial charge is 0.334 e. The fraction of sp³-hybridized carbons (Fsp3) is 0.444. The van der Waals surface area contributed by atoms with E-state index in [0.717, 1.165) is 11.1 Å². The van der Waals surface area contributed by atoms with Gasteiger partial charge in [0, 0.05) is 32.7 Å². The Hall–Kier alpha value is -3.50. The Kier molecular flexibility index (Phi) is 8.73. The van der Waals surface area contributed by atoms with Crippen LogP contribution in [0.2, 0.25) is 0 Å². The third-order valence-corrected chi connectivity index (χ3v) is 6.74. The van der Waals surface area contributed by atoms with Crippen molar-refractivity contribution >= 4 is 17.8 Å². The van der Waals surface area contributed by atoms with Crippen molar-refractivity contribution in [2.75, 3.05) is 39.4 Å². The standard InChI is InChI=1S/C27H34FN5O4/c1-3-31-19-25(34)32-23(16-20-8-6-5-7-9-20)26(35)30(14-15-37-4-2)18-24(32)33(31)27(36)29-17-21-10-12-22(28)13-11-21/h5-13,23-24H,3-4,14-19H2,1-2H3,(H,29,36)/t23-,24-/m0/s1. The highest BCUT2D eigenvalue weighted by Gasteiger charge is 2.51. The van der Waals surface area contributed by atoms with Crippen molar-refractivity contribution in [2.45, 2.75) is 39.0 Å². The van der Waals surface area contributed by atoms with Gasteiger partial charge in [0.1, 0.15) is 18.0 Å². The van der Waals surface area contributed by atoms with E-state index in [-0.39, 0.29) is 43.3 Å². The summed E-state index contributed by atoms with van der Waals surface area (Å²) in [5.74, 6) is -0.682. The van der Waals surface area contributed by atoms with Crippen LogP contribution in [0.25, 0.3) is 0 Å². The lowest BCUT2D eigenvalue weighted by Gasteiger charge is -2.55. The molecule has 1 N–H and O–H groups in total. The predicted octanol–water partition coefficient (Wildman–Crippen LogP) is 2.23. The molecule has 9 nitrogen and oxygen atoms in total. The topological polar surface area (TPSA) is 85.4 Å². The number of nitrogens with one attached hydrogen (secondary N) is 1. The number of likely N-dealkylation sites (N-methyl/N-ethyl adjacent to an activating group) is 1. The second kappa shape index (κ2) is 12.2. The van der Waals surface area contributed by atoms with Crippen LogP contribution in [0.3, 0.4) is 0 Å². The Bertz CT molecular complexity index is 1080. The van der Waals surface area contributed by atoms with Crippen molar-refractivity contribution in [3.05, 3.63) is 71.5 Å². The van der Waals surface area contributed by atoms with Crippen LogP contribution in [-0.2, 0) is 27.3 Å². The van der Waals surface area contributed by atoms with Crippen LogP contribution < -0.4 is 5.32 Å². The molecule has 0 unspecified atom stereocenters. The maximum absolute atomic E-state index is 13.6. The first kappa shape index (κ1) is 26.6. The fourth-order valence-corrected chi connectivity index (χ4v) is 4.88. The van der Waals surface area contributed by atoms with Crippen LogP contribution in [0.1, 0.15) is 25.0 Å². The summed E-state index contributed by atoms with van der Waals surface area (Å²) in [6.45, 7) is 5.87. The van der Waals surface area contributed by atoms with Crippen LogP contribution in [0, 0.1) is 5.82 Å². The first-order chi connectivity index (χ1) is 17.9. The van der Waals surface area contributed by atoms with Gasteiger partial charge in [-0.25, -0.2) is 19.2 Å². The molecule has 0 aliphatic carbocycles. The summed E-state index contributed by atoms with van der Waals surface area (Å²) < 4.78 is 18.8. The highest BCUT2D eigenvalue weighted by Crippen LogP contribution is 2.28. The van der Waals surface area contributed by atoms with Crippen LogP contribution in [0.4, 0.5) is 9.18 Å². The molecule has 10 heteroatoms. The zero-order chi connectivity index (χ0) is 26.4. The number of hydrogen-bond donors (Lipinski definition) is 1. The van der Waals surface area contributed by atoms with Gasteiger partial charge in [-0.1, -0.05) is 49.4 Å². The zero-order valence-corrected chi connectivity index (χ0v) is 21.3. The molecule has 2 fully saturated rings. The lowest BCUT2D eigenvalue weighted by atomic mass is 9.99. The molecule has 2 saturated heterocycles. The Morgan fingerprint density at radius 1 is 1.05 bits per heavy atom. The molecule has 198 valence electrons. The van der Waals surface area contributed by atoms with Gasteiger partial charge in [-0.15, -0.1) is 0 Å². The van der Waals surface area contributed by atoms with Crippen molar-refractivity contribution in [2.24, 2.45) is 0 Å². The minimum absolute atomic E-state index is 0.00547. The lowest BCUT2D eigenvalue weighted by molar-refractivity contribution is -0.190. The molecule has 2 aliphatic rings. The summed E-state index contributed by atoms with van der Waals surface area (Å²) >= 11 is 0. The third kappa shape index (κ3) is 6.08. The van der Waals surface area contributed by atoms with E-state index >= 15 is 0 Å². The number of hydrogen-bond acceptors (Lipinski definition) is 5. The van der Waals surface area contributed by atoms with E-state index in [0.29, 0.717) is 32.7 Å². The first-order valence-electron chi connectivity index (χ1n) is 12.7. The van der Waals surface area contributed by atoms with Crippen LogP contribution >= 0.6 is 0 Å². The molecule has 4 rings (SSSR count). The average molecular weight is 512 g/mol. The van der Waals surface area contributed by atoms with Gasteiger partial charge in [0.25, 0.3) is 0 Å². The minimum atomic E-state index is -0.735. The molecule has 37 heavy (non-hydrogen) atoms. The maximum Gasteiger partial charge on any atom is 0.334 e. The van der Waals surface area contributed by atoms with E-state index in [1.807, 2.05) is 44.2 Å². The number of carbonyl (C=O) groups is 3. The highest BCUT2D eigenvalue weighted by atomic mass is 19.1. The Morgan fingerprint density at radius 3 is 2.46 bits per heavy atom. The molecule has 2 aromatic carbocycles. The predicted molar refractivity (Wildman–Crippen MR) is 135 cm³/mol. The quantitative estimate of drug-likeness (QED) is 0.522. The molecule has 0 radical (unpaired) electrons. The number of fused-ring (bicyclic) bond motifs is 1. The number of nitrogens with zero attached hydrogens (tertiary/aromatic N) is 4. The number of benzene rings is 2. The molecule has 0 bridgehead atoms. The number of amides is 4. The molecule has 2 aromatic rings. The maximum atomic E-state index is 13.6. The Balaban J connectivity index is 1.61. The molecular formula is C27H34FN5O4. The molecule has 2 heterocycles. The van der Waals surface area contributed by atoms with Gasteiger partial charge < -0.3 is 19.9 Å². The van der Waals surface area contributed by atoms with Crippen molar-refractivity contribution in [1.29, 1.82) is 0 Å². The van der Waals surface area contributed by atoms with E-state index in [2.05, 4.69) is 5.32 Å². The number of ether oxygens (including phenoxy) is 1. The summed E-state index contributed by atoms with van der Waals surface area (Å²) in [5.41, 5.74) is 1.69. The van der Waals surface area contributed by atoms with Gasteiger partial charge in [-0.3, -0.25) is 9.59 Å². The summed E-state index contributed by atoms with van der Waals surface area (Å²) in [4.78, 5) is 43.8. The number of urea groups is 1. The normalized spacial score (nSPS) is 20.2. The fourth-order valence-electron chi connectivity index (χ4n) is 4.88. The number of rotatable bonds is 9. The third-order valence-electron chi connectivity index (χ3n) is 6.74. The highest BCUT2D eigenvalue weighted by molar-refractivity contribution is 5.91. The molecule has 4 amide bonds. The van der Waals surface area contributed by atoms with Gasteiger partial charge in [0.05, 0.1) is 19.7 Å². The number of piperazine rings is 1. The minimum Gasteiger partial charge on any atom is -0.380 e. The van der Waals surface area contributed by atoms with Crippen LogP contribution in [0.5, 0.6) is 0 Å². The van der Waals surface area contributed by atoms with E-state index in [4.69, 9.17) is 4.74 Å². The Labute approximate surface area is 216 Å². The van der Waals surface area contributed by atoms with Crippen LogP contribution in [-0.4, -0.2) is 89.3 Å². The average Bonchev–Trinajstić information content (AvgIpc) is 2.90. The van der Waals surface area contributed by atoms with Gasteiger partial charge >= 0.3 is 6.03 Å². The van der Waals surface area contributed by atoms with Gasteiger partial charge in [-0.05, 0) is 30.2 Å².